The fraction of sp³-hybridized carbons (Fsp3) is 0.200. The predicted molar refractivity (Wildman–Crippen MR) is 103 cm³/mol. The molecule has 0 bridgehead atoms. The maximum absolute atomic E-state index is 12.4. The van der Waals surface area contributed by atoms with Crippen LogP contribution in [0.1, 0.15) is 18.9 Å². The van der Waals surface area contributed by atoms with Gasteiger partial charge < -0.3 is 21.1 Å². The molecule has 0 aliphatic carbocycles. The zero-order valence-electron chi connectivity index (χ0n) is 14.5. The van der Waals surface area contributed by atoms with Crippen LogP contribution in [0.25, 0.3) is 5.57 Å². The van der Waals surface area contributed by atoms with Crippen molar-refractivity contribution in [2.24, 2.45) is 0 Å². The maximum atomic E-state index is 12.4. The van der Waals surface area contributed by atoms with E-state index in [0.717, 1.165) is 11.1 Å². The predicted octanol–water partition coefficient (Wildman–Crippen LogP) is 2.41. The number of anilines is 3. The maximum Gasteiger partial charge on any atom is 0.231 e. The fourth-order valence-electron chi connectivity index (χ4n) is 3.00. The number of nitrogens with two attached hydrogens (primary N) is 1. The third-order valence-electron chi connectivity index (χ3n) is 4.24. The molecule has 4 N–H and O–H groups in total. The molecule has 0 spiro atoms. The van der Waals surface area contributed by atoms with Gasteiger partial charge in [0, 0.05) is 22.6 Å². The number of amides is 1. The van der Waals surface area contributed by atoms with Crippen LogP contribution in [-0.2, 0) is 9.59 Å². The van der Waals surface area contributed by atoms with Gasteiger partial charge >= 0.3 is 0 Å². The molecule has 0 fully saturated rings. The Hall–Kier alpha value is -3.12. The molecule has 1 unspecified atom stereocenters. The van der Waals surface area contributed by atoms with E-state index >= 15 is 0 Å². The first-order chi connectivity index (χ1) is 12.4. The van der Waals surface area contributed by atoms with Crippen LogP contribution in [0.4, 0.5) is 17.1 Å². The average Bonchev–Trinajstić information content (AvgIpc) is 2.59. The van der Waals surface area contributed by atoms with Crippen LogP contribution < -0.4 is 16.0 Å². The lowest BCUT2D eigenvalue weighted by molar-refractivity contribution is -0.124. The highest BCUT2D eigenvalue weighted by Crippen LogP contribution is 2.34. The van der Waals surface area contributed by atoms with Gasteiger partial charge in [-0.3, -0.25) is 9.59 Å². The lowest BCUT2D eigenvalue weighted by Crippen LogP contribution is -2.41. The molecule has 2 aromatic rings. The minimum Gasteiger partial charge on any atom is -0.399 e. The molecule has 1 atom stereocenters. The van der Waals surface area contributed by atoms with Gasteiger partial charge in [0.2, 0.25) is 5.91 Å². The Morgan fingerprint density at radius 3 is 2.65 bits per heavy atom. The van der Waals surface area contributed by atoms with Crippen molar-refractivity contribution in [3.8, 4) is 0 Å². The van der Waals surface area contributed by atoms with E-state index in [4.69, 9.17) is 5.73 Å². The number of carbonyl (C=O) groups is 2. The zero-order chi connectivity index (χ0) is 18.7. The lowest BCUT2D eigenvalue weighted by atomic mass is 9.98. The number of allylic oxidation sites excluding steroid dienone is 1. The molecule has 0 radical (unpaired) electrons. The van der Waals surface area contributed by atoms with Gasteiger partial charge in [0.25, 0.3) is 0 Å². The van der Waals surface area contributed by atoms with E-state index < -0.39 is 6.23 Å². The first-order valence-electron chi connectivity index (χ1n) is 8.33. The Morgan fingerprint density at radius 2 is 1.92 bits per heavy atom. The molecule has 0 saturated carbocycles. The number of benzene rings is 2. The van der Waals surface area contributed by atoms with E-state index in [9.17, 15) is 14.7 Å². The van der Waals surface area contributed by atoms with Crippen LogP contribution in [0, 0.1) is 0 Å². The second kappa shape index (κ2) is 7.41. The van der Waals surface area contributed by atoms with E-state index in [0.29, 0.717) is 17.1 Å². The van der Waals surface area contributed by atoms with Gasteiger partial charge in [-0.1, -0.05) is 24.3 Å². The van der Waals surface area contributed by atoms with Crippen LogP contribution in [0.15, 0.2) is 54.6 Å². The molecule has 1 aliphatic rings. The van der Waals surface area contributed by atoms with Gasteiger partial charge in [0.05, 0.1) is 13.0 Å². The zero-order valence-corrected chi connectivity index (χ0v) is 14.5. The first kappa shape index (κ1) is 17.7. The van der Waals surface area contributed by atoms with E-state index in [2.05, 4.69) is 5.32 Å². The molecule has 0 saturated heterocycles. The molecule has 1 amide bonds. The van der Waals surface area contributed by atoms with Crippen molar-refractivity contribution in [1.82, 2.24) is 0 Å². The van der Waals surface area contributed by atoms with Crippen molar-refractivity contribution >= 4 is 34.3 Å². The van der Waals surface area contributed by atoms with Gasteiger partial charge in [0.15, 0.2) is 5.78 Å². The number of aliphatic hydroxyl groups is 1. The molecule has 2 aromatic carbocycles. The SMILES string of the molecule is CC1=CC(O)N(CC(=O)CC(=O)Nc2ccccc2)c2cc(N)ccc21. The minimum absolute atomic E-state index is 0.0798. The van der Waals surface area contributed by atoms with Crippen molar-refractivity contribution < 1.29 is 14.7 Å². The summed E-state index contributed by atoms with van der Waals surface area (Å²) in [4.78, 5) is 26.0. The van der Waals surface area contributed by atoms with E-state index in [-0.39, 0.29) is 24.7 Å². The Labute approximate surface area is 151 Å². The summed E-state index contributed by atoms with van der Waals surface area (Å²) in [5.74, 6) is -0.675. The second-order valence-corrected chi connectivity index (χ2v) is 6.30. The van der Waals surface area contributed by atoms with Crippen LogP contribution in [0.2, 0.25) is 0 Å². The number of nitrogen functional groups attached to an aromatic ring is 1. The first-order valence-corrected chi connectivity index (χ1v) is 8.33. The van der Waals surface area contributed by atoms with Crippen LogP contribution in [0.3, 0.4) is 0 Å². The van der Waals surface area contributed by atoms with Gasteiger partial charge in [-0.25, -0.2) is 0 Å². The monoisotopic (exact) mass is 351 g/mol. The van der Waals surface area contributed by atoms with Crippen molar-refractivity contribution in [2.45, 2.75) is 19.6 Å². The molecule has 6 heteroatoms. The summed E-state index contributed by atoms with van der Waals surface area (Å²) >= 11 is 0. The Morgan fingerprint density at radius 1 is 1.19 bits per heavy atom. The number of Topliss-reactive ketones (excluding diaryl/α,β-unsaturated/α-hetero) is 1. The number of nitrogens with one attached hydrogen (secondary N) is 1. The smallest absolute Gasteiger partial charge is 0.231 e. The standard InChI is InChI=1S/C20H21N3O3/c1-13-9-20(26)23(18-10-14(21)7-8-17(13)18)12-16(24)11-19(25)22-15-5-3-2-4-6-15/h2-10,20,26H,11-12,21H2,1H3,(H,22,25). The summed E-state index contributed by atoms with van der Waals surface area (Å²) in [5.41, 5.74) is 9.55. The van der Waals surface area contributed by atoms with Gasteiger partial charge in [-0.05, 0) is 42.8 Å². The van der Waals surface area contributed by atoms with Crippen molar-refractivity contribution in [3.63, 3.8) is 0 Å². The normalized spacial score (nSPS) is 15.8. The summed E-state index contributed by atoms with van der Waals surface area (Å²) in [7, 11) is 0. The number of hydrogen-bond donors (Lipinski definition) is 3. The average molecular weight is 351 g/mol. The number of aliphatic hydroxyl groups excluding tert-OH is 1. The largest absolute Gasteiger partial charge is 0.399 e. The lowest BCUT2D eigenvalue weighted by Gasteiger charge is -2.34. The number of nitrogens with zero attached hydrogens (tertiary/aromatic N) is 1. The van der Waals surface area contributed by atoms with Crippen molar-refractivity contribution in [3.05, 3.63) is 60.2 Å². The summed E-state index contributed by atoms with van der Waals surface area (Å²) in [6, 6.07) is 14.3. The molecule has 1 heterocycles. The molecule has 1 aliphatic heterocycles. The Balaban J connectivity index is 1.69. The van der Waals surface area contributed by atoms with Gasteiger partial charge in [0.1, 0.15) is 6.23 Å². The number of carbonyl (C=O) groups excluding carboxylic acids is 2. The van der Waals surface area contributed by atoms with E-state index in [1.54, 1.807) is 47.4 Å². The summed E-state index contributed by atoms with van der Waals surface area (Å²) in [6.07, 6.45) is 0.472. The molecule has 134 valence electrons. The molecule has 0 aromatic heterocycles. The van der Waals surface area contributed by atoms with Crippen LogP contribution in [0.5, 0.6) is 0 Å². The number of fused-ring (bicyclic) bond motifs is 1. The number of para-hydroxylation sites is 1. The fourth-order valence-corrected chi connectivity index (χ4v) is 3.00. The number of rotatable bonds is 5. The van der Waals surface area contributed by atoms with E-state index in [1.165, 1.54) is 0 Å². The van der Waals surface area contributed by atoms with Crippen molar-refractivity contribution in [1.29, 1.82) is 0 Å². The molecule has 3 rings (SSSR count). The Kier molecular flexibility index (Phi) is 5.04. The topological polar surface area (TPSA) is 95.7 Å². The Bertz CT molecular complexity index is 862. The van der Waals surface area contributed by atoms with Crippen LogP contribution >= 0.6 is 0 Å². The molecular formula is C20H21N3O3. The number of ketones is 1. The highest BCUT2D eigenvalue weighted by Gasteiger charge is 2.26. The quantitative estimate of drug-likeness (QED) is 0.568. The van der Waals surface area contributed by atoms with Gasteiger partial charge in [-0.15, -0.1) is 0 Å². The third-order valence-corrected chi connectivity index (χ3v) is 4.24. The summed E-state index contributed by atoms with van der Waals surface area (Å²) in [6.45, 7) is 1.81. The number of hydrogen-bond acceptors (Lipinski definition) is 5. The molecule has 26 heavy (non-hydrogen) atoms. The molecular weight excluding hydrogens is 330 g/mol. The highest BCUT2D eigenvalue weighted by molar-refractivity contribution is 6.06. The molecule has 6 nitrogen and oxygen atoms in total. The van der Waals surface area contributed by atoms with E-state index in [1.807, 2.05) is 19.1 Å². The minimum atomic E-state index is -0.939. The summed E-state index contributed by atoms with van der Waals surface area (Å²) < 4.78 is 0. The highest BCUT2D eigenvalue weighted by atomic mass is 16.3. The van der Waals surface area contributed by atoms with Gasteiger partial charge in [-0.2, -0.15) is 0 Å². The second-order valence-electron chi connectivity index (χ2n) is 6.30. The third kappa shape index (κ3) is 3.92. The van der Waals surface area contributed by atoms with Crippen molar-refractivity contribution in [2.75, 3.05) is 22.5 Å². The van der Waals surface area contributed by atoms with Crippen LogP contribution in [-0.4, -0.2) is 29.6 Å². The summed E-state index contributed by atoms with van der Waals surface area (Å²) in [5, 5.41) is 13.0.